The van der Waals surface area contributed by atoms with Crippen molar-refractivity contribution in [3.8, 4) is 28.4 Å². The maximum Gasteiger partial charge on any atom is 0.136 e. The van der Waals surface area contributed by atoms with Crippen molar-refractivity contribution >= 4 is 44.6 Å². The van der Waals surface area contributed by atoms with Crippen LogP contribution < -0.4 is 14.5 Å². The number of rotatable bonds is 6. The summed E-state index contributed by atoms with van der Waals surface area (Å²) in [6, 6.07) is 48.8. The van der Waals surface area contributed by atoms with Gasteiger partial charge in [0.25, 0.3) is 0 Å². The van der Waals surface area contributed by atoms with Crippen molar-refractivity contribution in [1.82, 2.24) is 9.55 Å². The van der Waals surface area contributed by atoms with Crippen molar-refractivity contribution in [3.05, 3.63) is 174 Å². The van der Waals surface area contributed by atoms with Crippen LogP contribution in [0.2, 0.25) is 0 Å². The molecule has 0 saturated heterocycles. The summed E-state index contributed by atoms with van der Waals surface area (Å²) in [5.41, 5.74) is 11.7. The summed E-state index contributed by atoms with van der Waals surface area (Å²) in [6.07, 6.45) is 1.77. The van der Waals surface area contributed by atoms with E-state index in [1.165, 1.54) is 11.1 Å². The van der Waals surface area contributed by atoms with Gasteiger partial charge in [-0.1, -0.05) is 116 Å². The normalized spacial score (nSPS) is 14.1. The smallest absolute Gasteiger partial charge is 0.136 e. The molecule has 62 heavy (non-hydrogen) atoms. The largest absolute Gasteiger partial charge is 0.509 e. The number of hydrogen-bond acceptors (Lipinski definition) is 4. The van der Waals surface area contributed by atoms with Crippen LogP contribution in [-0.4, -0.2) is 9.55 Å². The minimum Gasteiger partial charge on any atom is -0.509 e. The molecule has 9 rings (SSSR count). The second-order valence-corrected chi connectivity index (χ2v) is 19.4. The number of ether oxygens (including phenoxy) is 1. The number of fused-ring (bicyclic) bond motifs is 4. The Kier molecular flexibility index (Phi) is 10.1. The predicted octanol–water partition coefficient (Wildman–Crippen LogP) is 15.2. The fourth-order valence-electron chi connectivity index (χ4n) is 8.37. The summed E-state index contributed by atoms with van der Waals surface area (Å²) in [6.45, 7) is 21.5. The van der Waals surface area contributed by atoms with Gasteiger partial charge in [0.15, 0.2) is 0 Å². The van der Waals surface area contributed by atoms with Crippen molar-refractivity contribution in [2.24, 2.45) is 0 Å². The molecular weight excluding hydrogens is 940 g/mol. The number of para-hydroxylation sites is 2. The first-order chi connectivity index (χ1) is 30.1. The van der Waals surface area contributed by atoms with E-state index in [-0.39, 0.29) is 37.3 Å². The van der Waals surface area contributed by atoms with Crippen LogP contribution in [0.25, 0.3) is 38.8 Å². The summed E-state index contributed by atoms with van der Waals surface area (Å²) < 4.78 is 34.6. The molecule has 0 amide bonds. The van der Waals surface area contributed by atoms with Gasteiger partial charge in [0.2, 0.25) is 0 Å². The van der Waals surface area contributed by atoms with Gasteiger partial charge in [0.05, 0.1) is 0 Å². The fraction of sp³-hybridized carbons (Fsp3) is 0.250. The third-order valence-corrected chi connectivity index (χ3v) is 11.8. The van der Waals surface area contributed by atoms with Gasteiger partial charge >= 0.3 is 0 Å². The van der Waals surface area contributed by atoms with E-state index < -0.39 is 6.85 Å². The Morgan fingerprint density at radius 2 is 1.27 bits per heavy atom. The molecule has 6 aromatic carbocycles. The zero-order valence-corrected chi connectivity index (χ0v) is 39.5. The maximum atomic E-state index is 8.62. The molecule has 0 N–H and O–H groups in total. The standard InChI is InChI=1S/C56H55N4O.Pt/c1-36-28-41(56(9,10)11)29-37(2)53(36)38-26-27-57-52(30-38)60-50-32-40(55(6,7)8)22-24-46(50)47-25-23-45(34-51(47)60)61-44-19-15-18-43(33-44)59-35-58(48-20-12-13-21-49(48)59)42-17-14-16-39(31-42)54(3,4)5;/h12-32,35H,1-11H3;/q-3;/i1D3;. The SMILES string of the molecule is [2H]C([2H])([2H])c1cc(C(C)(C)C)cc(C)c1-c1ccnc(-n2c3[c-]c(Oc4[c-]c(N5[CH-]N(c6cccc(C(C)(C)C)c6)c6ccccc65)ccc4)ccc3c3ccc(C(C)(C)C)cc32)c1.[Pt]. The molecule has 0 aliphatic carbocycles. The summed E-state index contributed by atoms with van der Waals surface area (Å²) in [5, 5.41) is 2.06. The van der Waals surface area contributed by atoms with Gasteiger partial charge in [-0.2, -0.15) is 12.1 Å². The number of pyridine rings is 1. The van der Waals surface area contributed by atoms with Crippen molar-refractivity contribution in [2.45, 2.75) is 92.3 Å². The van der Waals surface area contributed by atoms with Gasteiger partial charge in [-0.25, -0.2) is 4.98 Å². The van der Waals surface area contributed by atoms with Crippen LogP contribution in [0, 0.1) is 32.6 Å². The minimum atomic E-state index is -2.32. The van der Waals surface area contributed by atoms with Crippen molar-refractivity contribution in [2.75, 3.05) is 9.80 Å². The average molecular weight is 998 g/mol. The van der Waals surface area contributed by atoms with Crippen molar-refractivity contribution < 1.29 is 29.9 Å². The second kappa shape index (κ2) is 15.9. The molecule has 0 spiro atoms. The molecule has 0 radical (unpaired) electrons. The molecule has 0 atom stereocenters. The Morgan fingerprint density at radius 3 is 2.00 bits per heavy atom. The van der Waals surface area contributed by atoms with Gasteiger partial charge in [-0.15, -0.1) is 48.1 Å². The Labute approximate surface area is 386 Å². The van der Waals surface area contributed by atoms with E-state index in [4.69, 9.17) is 13.8 Å². The van der Waals surface area contributed by atoms with E-state index in [1.807, 2.05) is 49.4 Å². The molecule has 3 heterocycles. The van der Waals surface area contributed by atoms with E-state index >= 15 is 0 Å². The second-order valence-electron chi connectivity index (χ2n) is 19.4. The maximum absolute atomic E-state index is 8.62. The third kappa shape index (κ3) is 7.97. The summed E-state index contributed by atoms with van der Waals surface area (Å²) >= 11 is 0. The number of benzene rings is 6. The first kappa shape index (κ1) is 39.2. The van der Waals surface area contributed by atoms with Gasteiger partial charge in [-0.3, -0.25) is 0 Å². The first-order valence-electron chi connectivity index (χ1n) is 22.6. The van der Waals surface area contributed by atoms with Crippen LogP contribution in [0.3, 0.4) is 0 Å². The summed E-state index contributed by atoms with van der Waals surface area (Å²) in [7, 11) is 0. The average Bonchev–Trinajstić information content (AvgIpc) is 3.78. The van der Waals surface area contributed by atoms with Crippen LogP contribution in [0.15, 0.2) is 128 Å². The van der Waals surface area contributed by atoms with Gasteiger partial charge in [-0.05, 0) is 117 Å². The predicted molar refractivity (Wildman–Crippen MR) is 255 cm³/mol. The number of anilines is 4. The van der Waals surface area contributed by atoms with Crippen LogP contribution >= 0.6 is 0 Å². The Balaban J connectivity index is 0.00000576. The summed E-state index contributed by atoms with van der Waals surface area (Å²) in [4.78, 5) is 9.33. The van der Waals surface area contributed by atoms with Gasteiger partial charge in [0, 0.05) is 65.5 Å². The van der Waals surface area contributed by atoms with Crippen molar-refractivity contribution in [1.29, 1.82) is 0 Å². The van der Waals surface area contributed by atoms with E-state index in [0.717, 1.165) is 61.2 Å². The first-order valence-corrected chi connectivity index (χ1v) is 21.1. The number of hydrogen-bond donors (Lipinski definition) is 0. The molecule has 0 fully saturated rings. The molecule has 1 aliphatic rings. The molecule has 5 nitrogen and oxygen atoms in total. The molecule has 0 saturated carbocycles. The molecule has 318 valence electrons. The van der Waals surface area contributed by atoms with E-state index in [0.29, 0.717) is 28.4 Å². The monoisotopic (exact) mass is 997 g/mol. The zero-order valence-electron chi connectivity index (χ0n) is 40.2. The molecule has 0 bridgehead atoms. The molecule has 6 heteroatoms. The van der Waals surface area contributed by atoms with E-state index in [2.05, 4.69) is 174 Å². The Morgan fingerprint density at radius 1 is 0.613 bits per heavy atom. The van der Waals surface area contributed by atoms with E-state index in [9.17, 15) is 0 Å². The Bertz CT molecular complexity index is 3090. The molecule has 0 unspecified atom stereocenters. The summed E-state index contributed by atoms with van der Waals surface area (Å²) in [5.74, 6) is 1.74. The van der Waals surface area contributed by atoms with Crippen LogP contribution in [0.1, 0.15) is 94.2 Å². The topological polar surface area (TPSA) is 33.5 Å². The minimum absolute atomic E-state index is 0. The fourth-order valence-corrected chi connectivity index (χ4v) is 8.37. The molecule has 2 aromatic heterocycles. The third-order valence-electron chi connectivity index (χ3n) is 11.8. The van der Waals surface area contributed by atoms with Gasteiger partial charge < -0.3 is 19.1 Å². The Hall–Kier alpha value is -5.64. The zero-order chi connectivity index (χ0) is 45.5. The van der Waals surface area contributed by atoms with Crippen molar-refractivity contribution in [3.63, 3.8) is 0 Å². The number of aromatic nitrogens is 2. The quantitative estimate of drug-likeness (QED) is 0.155. The van der Waals surface area contributed by atoms with Crippen LogP contribution in [0.4, 0.5) is 22.7 Å². The number of aryl methyl sites for hydroxylation is 2. The molecular formula is C56H55N4OPt-3. The number of nitrogens with zero attached hydrogens (tertiary/aromatic N) is 4. The molecule has 1 aliphatic heterocycles. The van der Waals surface area contributed by atoms with Crippen LogP contribution in [0.5, 0.6) is 11.5 Å². The van der Waals surface area contributed by atoms with E-state index in [1.54, 1.807) is 6.20 Å². The van der Waals surface area contributed by atoms with Crippen LogP contribution in [-0.2, 0) is 37.3 Å². The molecule has 8 aromatic rings. The van der Waals surface area contributed by atoms with Gasteiger partial charge in [0.1, 0.15) is 5.82 Å².